The molecule has 0 spiro atoms. The predicted molar refractivity (Wildman–Crippen MR) is 102 cm³/mol. The normalized spacial score (nSPS) is 11.8. The van der Waals surface area contributed by atoms with Gasteiger partial charge in [0.2, 0.25) is 0 Å². The Morgan fingerprint density at radius 3 is 2.62 bits per heavy atom. The molecule has 0 fully saturated rings. The van der Waals surface area contributed by atoms with E-state index in [-0.39, 0.29) is 11.9 Å². The molecule has 0 unspecified atom stereocenters. The average molecular weight is 349 g/mol. The first-order valence-electron chi connectivity index (χ1n) is 8.36. The van der Waals surface area contributed by atoms with Crippen molar-refractivity contribution < 1.29 is 4.39 Å². The van der Waals surface area contributed by atoms with Gasteiger partial charge in [-0.05, 0) is 50.1 Å². The number of aromatic nitrogens is 2. The molecule has 1 aromatic heterocycles. The number of nitriles is 1. The third kappa shape index (κ3) is 3.04. The van der Waals surface area contributed by atoms with E-state index in [9.17, 15) is 9.65 Å². The van der Waals surface area contributed by atoms with Gasteiger partial charge in [-0.25, -0.2) is 4.39 Å². The van der Waals surface area contributed by atoms with Crippen LogP contribution >= 0.6 is 0 Å². The Hall–Kier alpha value is -3.20. The predicted octanol–water partition coefficient (Wildman–Crippen LogP) is 4.47. The number of anilines is 2. The summed E-state index contributed by atoms with van der Waals surface area (Å²) in [6.45, 7) is 5.74. The molecule has 0 saturated carbocycles. The molecule has 0 amide bonds. The molecule has 132 valence electrons. The molecule has 5 nitrogen and oxygen atoms in total. The summed E-state index contributed by atoms with van der Waals surface area (Å²) in [4.78, 5) is 0. The lowest BCUT2D eigenvalue weighted by molar-refractivity contribution is 0.633. The van der Waals surface area contributed by atoms with Crippen LogP contribution in [0.5, 0.6) is 0 Å². The number of fused-ring (bicyclic) bond motifs is 1. The molecule has 0 radical (unpaired) electrons. The molecular weight excluding hydrogens is 329 g/mol. The zero-order valence-electron chi connectivity index (χ0n) is 15.2. The van der Waals surface area contributed by atoms with Gasteiger partial charge >= 0.3 is 0 Å². The first-order chi connectivity index (χ1) is 12.5. The van der Waals surface area contributed by atoms with Gasteiger partial charge in [0.1, 0.15) is 5.82 Å². The lowest BCUT2D eigenvalue weighted by atomic mass is 9.98. The summed E-state index contributed by atoms with van der Waals surface area (Å²) in [7, 11) is 1.68. The smallest absolute Gasteiger partial charge is 0.157 e. The molecule has 1 heterocycles. The highest BCUT2D eigenvalue weighted by Crippen LogP contribution is 2.31. The van der Waals surface area contributed by atoms with E-state index < -0.39 is 0 Å². The number of hydrogen-bond acceptors (Lipinski definition) is 5. The quantitative estimate of drug-likeness (QED) is 0.727. The fourth-order valence-electron chi connectivity index (χ4n) is 3.13. The maximum absolute atomic E-state index is 14.1. The highest BCUT2D eigenvalue weighted by Gasteiger charge is 2.16. The highest BCUT2D eigenvalue weighted by molar-refractivity contribution is 5.95. The SMILES string of the molecule is CNc1cc2c(N[C@H](C)c3cccc(C#N)c3C)nnc(C)c2cc1F. The van der Waals surface area contributed by atoms with Crippen LogP contribution in [0.3, 0.4) is 0 Å². The summed E-state index contributed by atoms with van der Waals surface area (Å²) in [6, 6.07) is 11.0. The van der Waals surface area contributed by atoms with Crippen molar-refractivity contribution in [1.29, 1.82) is 5.26 Å². The van der Waals surface area contributed by atoms with Crippen molar-refractivity contribution in [1.82, 2.24) is 10.2 Å². The molecule has 2 N–H and O–H groups in total. The van der Waals surface area contributed by atoms with Crippen LogP contribution < -0.4 is 10.6 Å². The van der Waals surface area contributed by atoms with E-state index in [1.165, 1.54) is 6.07 Å². The van der Waals surface area contributed by atoms with Crippen molar-refractivity contribution in [3.63, 3.8) is 0 Å². The first-order valence-corrected chi connectivity index (χ1v) is 8.36. The molecule has 2 aromatic carbocycles. The van der Waals surface area contributed by atoms with Crippen molar-refractivity contribution in [3.8, 4) is 6.07 Å². The number of rotatable bonds is 4. The maximum atomic E-state index is 14.1. The molecule has 0 saturated heterocycles. The van der Waals surface area contributed by atoms with Gasteiger partial charge in [-0.3, -0.25) is 0 Å². The van der Waals surface area contributed by atoms with Gasteiger partial charge in [0.15, 0.2) is 5.82 Å². The van der Waals surface area contributed by atoms with Crippen LogP contribution in [0.4, 0.5) is 15.9 Å². The second-order valence-electron chi connectivity index (χ2n) is 6.26. The summed E-state index contributed by atoms with van der Waals surface area (Å²) in [6.07, 6.45) is 0. The first kappa shape index (κ1) is 17.6. The van der Waals surface area contributed by atoms with Crippen LogP contribution in [0.2, 0.25) is 0 Å². The minimum atomic E-state index is -0.326. The molecule has 0 aliphatic carbocycles. The number of hydrogen-bond donors (Lipinski definition) is 2. The number of nitrogens with zero attached hydrogens (tertiary/aromatic N) is 3. The molecule has 1 atom stereocenters. The van der Waals surface area contributed by atoms with Crippen LogP contribution in [-0.2, 0) is 0 Å². The standard InChI is InChI=1S/C20H20FN5/c1-11-14(10-22)6-5-7-15(11)12(2)24-20-17-9-19(23-4)18(21)8-16(17)13(3)25-26-20/h5-9,12,23H,1-4H3,(H,24,26)/t12-/m1/s1. The minimum absolute atomic E-state index is 0.0911. The molecular formula is C20H20FN5. The van der Waals surface area contributed by atoms with Gasteiger partial charge < -0.3 is 10.6 Å². The molecule has 3 aromatic rings. The Morgan fingerprint density at radius 2 is 1.92 bits per heavy atom. The monoisotopic (exact) mass is 349 g/mol. The number of nitrogens with one attached hydrogen (secondary N) is 2. The van der Waals surface area contributed by atoms with E-state index in [1.54, 1.807) is 19.2 Å². The summed E-state index contributed by atoms with van der Waals surface area (Å²) >= 11 is 0. The van der Waals surface area contributed by atoms with Crippen LogP contribution in [0.1, 0.15) is 35.3 Å². The van der Waals surface area contributed by atoms with Crippen molar-refractivity contribution in [3.05, 3.63) is 58.5 Å². The Balaban J connectivity index is 2.06. The molecule has 26 heavy (non-hydrogen) atoms. The van der Waals surface area contributed by atoms with Crippen molar-refractivity contribution in [2.45, 2.75) is 26.8 Å². The topological polar surface area (TPSA) is 73.6 Å². The summed E-state index contributed by atoms with van der Waals surface area (Å²) < 4.78 is 14.1. The van der Waals surface area contributed by atoms with E-state index in [0.717, 1.165) is 16.5 Å². The molecule has 0 aliphatic rings. The Morgan fingerprint density at radius 1 is 1.15 bits per heavy atom. The van der Waals surface area contributed by atoms with Crippen LogP contribution in [0.25, 0.3) is 10.8 Å². The zero-order chi connectivity index (χ0) is 18.8. The van der Waals surface area contributed by atoms with Gasteiger partial charge in [0.05, 0.1) is 29.1 Å². The van der Waals surface area contributed by atoms with Crippen LogP contribution in [0, 0.1) is 31.0 Å². The third-order valence-corrected chi connectivity index (χ3v) is 4.64. The third-order valence-electron chi connectivity index (χ3n) is 4.64. The second-order valence-corrected chi connectivity index (χ2v) is 6.26. The molecule has 0 aliphatic heterocycles. The zero-order valence-corrected chi connectivity index (χ0v) is 15.2. The number of halogens is 1. The van der Waals surface area contributed by atoms with E-state index in [1.807, 2.05) is 32.9 Å². The molecule has 6 heteroatoms. The van der Waals surface area contributed by atoms with Gasteiger partial charge in [-0.15, -0.1) is 5.10 Å². The Bertz CT molecular complexity index is 1020. The lowest BCUT2D eigenvalue weighted by Crippen LogP contribution is -2.11. The fraction of sp³-hybridized carbons (Fsp3) is 0.250. The number of aryl methyl sites for hydroxylation is 1. The van der Waals surface area contributed by atoms with E-state index in [4.69, 9.17) is 0 Å². The Kier molecular flexibility index (Phi) is 4.72. The maximum Gasteiger partial charge on any atom is 0.157 e. The van der Waals surface area contributed by atoms with Crippen molar-refractivity contribution in [2.24, 2.45) is 0 Å². The van der Waals surface area contributed by atoms with Gasteiger partial charge in [-0.1, -0.05) is 12.1 Å². The van der Waals surface area contributed by atoms with Gasteiger partial charge in [0, 0.05) is 17.8 Å². The largest absolute Gasteiger partial charge is 0.386 e. The summed E-state index contributed by atoms with van der Waals surface area (Å²) in [5, 5.41) is 25.4. The van der Waals surface area contributed by atoms with Crippen LogP contribution in [0.15, 0.2) is 30.3 Å². The van der Waals surface area contributed by atoms with Gasteiger partial charge in [0.25, 0.3) is 0 Å². The van der Waals surface area contributed by atoms with Gasteiger partial charge in [-0.2, -0.15) is 10.4 Å². The fourth-order valence-corrected chi connectivity index (χ4v) is 3.13. The highest BCUT2D eigenvalue weighted by atomic mass is 19.1. The average Bonchev–Trinajstić information content (AvgIpc) is 2.64. The van der Waals surface area contributed by atoms with Crippen molar-refractivity contribution in [2.75, 3.05) is 17.7 Å². The van der Waals surface area contributed by atoms with Crippen molar-refractivity contribution >= 4 is 22.3 Å². The number of benzene rings is 2. The molecule has 0 bridgehead atoms. The summed E-state index contributed by atoms with van der Waals surface area (Å²) in [5.41, 5.74) is 3.66. The van der Waals surface area contributed by atoms with E-state index in [2.05, 4.69) is 26.9 Å². The Labute approximate surface area is 151 Å². The van der Waals surface area contributed by atoms with E-state index >= 15 is 0 Å². The lowest BCUT2D eigenvalue weighted by Gasteiger charge is -2.19. The van der Waals surface area contributed by atoms with E-state index in [0.29, 0.717) is 28.1 Å². The molecule has 3 rings (SSSR count). The minimum Gasteiger partial charge on any atom is -0.386 e. The summed E-state index contributed by atoms with van der Waals surface area (Å²) in [5.74, 6) is 0.254. The second kappa shape index (κ2) is 6.96. The van der Waals surface area contributed by atoms with Crippen LogP contribution in [-0.4, -0.2) is 17.2 Å².